The van der Waals surface area contributed by atoms with E-state index >= 15 is 0 Å². The lowest BCUT2D eigenvalue weighted by Gasteiger charge is -2.07. The van der Waals surface area contributed by atoms with Crippen molar-refractivity contribution >= 4 is 29.5 Å². The number of rotatable bonds is 6. The van der Waals surface area contributed by atoms with Crippen LogP contribution in [0, 0.1) is 0 Å². The van der Waals surface area contributed by atoms with Crippen molar-refractivity contribution in [1.29, 1.82) is 0 Å². The molecule has 8 heteroatoms. The first-order valence-electron chi connectivity index (χ1n) is 7.22. The summed E-state index contributed by atoms with van der Waals surface area (Å²) < 4.78 is 5.02. The van der Waals surface area contributed by atoms with Crippen LogP contribution in [0.4, 0.5) is 0 Å². The standard InChI is InChI=1S/C16H17N3O4S/c20-14(8-10-24-13-6-2-1-3-7-13)18-19-16(22)15(21)17-11-12-5-4-9-23-12/h1-7,9H,8,10-11H2,(H,17,21)(H,18,20)(H,19,22). The van der Waals surface area contributed by atoms with Crippen molar-refractivity contribution in [2.45, 2.75) is 17.9 Å². The summed E-state index contributed by atoms with van der Waals surface area (Å²) in [6.45, 7) is 0.0981. The predicted octanol–water partition coefficient (Wildman–Crippen LogP) is 1.23. The van der Waals surface area contributed by atoms with E-state index in [9.17, 15) is 14.4 Å². The number of carbonyl (C=O) groups excluding carboxylic acids is 3. The van der Waals surface area contributed by atoms with E-state index in [1.165, 1.54) is 18.0 Å². The molecule has 3 N–H and O–H groups in total. The molecule has 0 aliphatic carbocycles. The maximum absolute atomic E-state index is 11.6. The van der Waals surface area contributed by atoms with Crippen LogP contribution >= 0.6 is 11.8 Å². The van der Waals surface area contributed by atoms with E-state index in [1.807, 2.05) is 30.3 Å². The van der Waals surface area contributed by atoms with E-state index in [-0.39, 0.29) is 18.9 Å². The van der Waals surface area contributed by atoms with Crippen molar-refractivity contribution in [3.63, 3.8) is 0 Å². The van der Waals surface area contributed by atoms with Crippen LogP contribution in [-0.4, -0.2) is 23.5 Å². The molecule has 0 aliphatic heterocycles. The van der Waals surface area contributed by atoms with Crippen LogP contribution in [0.3, 0.4) is 0 Å². The Morgan fingerprint density at radius 1 is 0.958 bits per heavy atom. The molecule has 0 unspecified atom stereocenters. The number of carbonyl (C=O) groups is 3. The molecule has 0 atom stereocenters. The van der Waals surface area contributed by atoms with Crippen LogP contribution in [0.5, 0.6) is 0 Å². The van der Waals surface area contributed by atoms with Crippen molar-refractivity contribution in [2.75, 3.05) is 5.75 Å². The molecule has 1 aromatic heterocycles. The van der Waals surface area contributed by atoms with Gasteiger partial charge in [0.05, 0.1) is 12.8 Å². The van der Waals surface area contributed by atoms with E-state index < -0.39 is 11.8 Å². The number of nitrogens with one attached hydrogen (secondary N) is 3. The minimum Gasteiger partial charge on any atom is -0.467 e. The van der Waals surface area contributed by atoms with Crippen molar-refractivity contribution in [2.24, 2.45) is 0 Å². The van der Waals surface area contributed by atoms with E-state index in [0.717, 1.165) is 4.90 Å². The first kappa shape index (κ1) is 17.6. The van der Waals surface area contributed by atoms with Crippen molar-refractivity contribution in [3.8, 4) is 0 Å². The van der Waals surface area contributed by atoms with Gasteiger partial charge in [-0.3, -0.25) is 25.2 Å². The molecule has 1 aromatic carbocycles. The minimum absolute atomic E-state index is 0.0981. The van der Waals surface area contributed by atoms with Crippen molar-refractivity contribution in [3.05, 3.63) is 54.5 Å². The quantitative estimate of drug-likeness (QED) is 0.414. The Labute approximate surface area is 143 Å². The molecule has 3 amide bonds. The number of hydrogen-bond acceptors (Lipinski definition) is 5. The fraction of sp³-hybridized carbons (Fsp3) is 0.188. The Bertz CT molecular complexity index is 674. The number of benzene rings is 1. The largest absolute Gasteiger partial charge is 0.467 e. The summed E-state index contributed by atoms with van der Waals surface area (Å²) in [6, 6.07) is 13.0. The van der Waals surface area contributed by atoms with Crippen LogP contribution in [0.2, 0.25) is 0 Å². The fourth-order valence-corrected chi connectivity index (χ4v) is 2.56. The molecule has 1 heterocycles. The molecular weight excluding hydrogens is 330 g/mol. The maximum Gasteiger partial charge on any atom is 0.327 e. The molecule has 2 aromatic rings. The Kier molecular flexibility index (Phi) is 6.91. The zero-order valence-electron chi connectivity index (χ0n) is 12.8. The second-order valence-electron chi connectivity index (χ2n) is 4.68. The summed E-state index contributed by atoms with van der Waals surface area (Å²) in [5, 5.41) is 2.37. The second kappa shape index (κ2) is 9.41. The number of thioether (sulfide) groups is 1. The van der Waals surface area contributed by atoms with Crippen molar-refractivity contribution in [1.82, 2.24) is 16.2 Å². The predicted molar refractivity (Wildman–Crippen MR) is 88.6 cm³/mol. The van der Waals surface area contributed by atoms with Crippen LogP contribution < -0.4 is 16.2 Å². The molecule has 2 rings (SSSR count). The Hall–Kier alpha value is -2.74. The second-order valence-corrected chi connectivity index (χ2v) is 5.84. The lowest BCUT2D eigenvalue weighted by atomic mass is 10.4. The Balaban J connectivity index is 1.60. The van der Waals surface area contributed by atoms with Gasteiger partial charge in [-0.1, -0.05) is 18.2 Å². The number of hydrogen-bond donors (Lipinski definition) is 3. The lowest BCUT2D eigenvalue weighted by molar-refractivity contribution is -0.141. The van der Waals surface area contributed by atoms with Crippen LogP contribution in [-0.2, 0) is 20.9 Å². The third-order valence-corrected chi connectivity index (χ3v) is 3.88. The zero-order chi connectivity index (χ0) is 17.2. The van der Waals surface area contributed by atoms with Gasteiger partial charge in [-0.05, 0) is 24.3 Å². The smallest absolute Gasteiger partial charge is 0.327 e. The first-order valence-corrected chi connectivity index (χ1v) is 8.21. The van der Waals surface area contributed by atoms with Gasteiger partial charge in [0.25, 0.3) is 0 Å². The van der Waals surface area contributed by atoms with E-state index in [0.29, 0.717) is 11.5 Å². The highest BCUT2D eigenvalue weighted by Gasteiger charge is 2.14. The average Bonchev–Trinajstić information content (AvgIpc) is 3.12. The van der Waals surface area contributed by atoms with Gasteiger partial charge < -0.3 is 9.73 Å². The summed E-state index contributed by atoms with van der Waals surface area (Å²) >= 11 is 1.53. The highest BCUT2D eigenvalue weighted by Crippen LogP contribution is 2.17. The first-order chi connectivity index (χ1) is 11.6. The lowest BCUT2D eigenvalue weighted by Crippen LogP contribution is -2.48. The molecule has 0 radical (unpaired) electrons. The molecular formula is C16H17N3O4S. The van der Waals surface area contributed by atoms with Gasteiger partial charge in [-0.25, -0.2) is 0 Å². The third kappa shape index (κ3) is 6.17. The fourth-order valence-electron chi connectivity index (χ4n) is 1.68. The van der Waals surface area contributed by atoms with E-state index in [2.05, 4.69) is 16.2 Å². The van der Waals surface area contributed by atoms with Gasteiger partial charge in [-0.15, -0.1) is 11.8 Å². The molecule has 0 saturated heterocycles. The molecule has 0 spiro atoms. The normalized spacial score (nSPS) is 10.0. The maximum atomic E-state index is 11.6. The van der Waals surface area contributed by atoms with Gasteiger partial charge in [0.15, 0.2) is 0 Å². The average molecular weight is 347 g/mol. The van der Waals surface area contributed by atoms with Gasteiger partial charge in [0.2, 0.25) is 5.91 Å². The van der Waals surface area contributed by atoms with Gasteiger partial charge in [-0.2, -0.15) is 0 Å². The molecule has 126 valence electrons. The number of amides is 3. The monoisotopic (exact) mass is 347 g/mol. The molecule has 24 heavy (non-hydrogen) atoms. The molecule has 0 fully saturated rings. The SMILES string of the molecule is O=C(CCSc1ccccc1)NNC(=O)C(=O)NCc1ccco1. The van der Waals surface area contributed by atoms with Gasteiger partial charge in [0.1, 0.15) is 5.76 Å². The highest BCUT2D eigenvalue weighted by atomic mass is 32.2. The van der Waals surface area contributed by atoms with Crippen LogP contribution in [0.25, 0.3) is 0 Å². The van der Waals surface area contributed by atoms with Crippen molar-refractivity contribution < 1.29 is 18.8 Å². The zero-order valence-corrected chi connectivity index (χ0v) is 13.6. The third-order valence-electron chi connectivity index (χ3n) is 2.87. The van der Waals surface area contributed by atoms with Crippen LogP contribution in [0.15, 0.2) is 58.0 Å². The molecule has 0 saturated carbocycles. The summed E-state index contributed by atoms with van der Waals surface area (Å²) in [5.74, 6) is -1.07. The summed E-state index contributed by atoms with van der Waals surface area (Å²) in [6.07, 6.45) is 1.68. The topological polar surface area (TPSA) is 100 Å². The van der Waals surface area contributed by atoms with E-state index in [1.54, 1.807) is 12.1 Å². The van der Waals surface area contributed by atoms with Gasteiger partial charge >= 0.3 is 11.8 Å². The van der Waals surface area contributed by atoms with Crippen LogP contribution in [0.1, 0.15) is 12.2 Å². The molecule has 0 aliphatic rings. The Morgan fingerprint density at radius 2 is 1.75 bits per heavy atom. The number of furan rings is 1. The summed E-state index contributed by atoms with van der Waals surface area (Å²) in [7, 11) is 0. The van der Waals surface area contributed by atoms with Gasteiger partial charge in [0, 0.05) is 17.1 Å². The minimum atomic E-state index is -0.939. The molecule has 0 bridgehead atoms. The summed E-state index contributed by atoms with van der Waals surface area (Å²) in [4.78, 5) is 35.7. The molecule has 7 nitrogen and oxygen atoms in total. The summed E-state index contributed by atoms with van der Waals surface area (Å²) in [5.41, 5.74) is 4.28. The Morgan fingerprint density at radius 3 is 2.46 bits per heavy atom. The number of hydrazine groups is 1. The highest BCUT2D eigenvalue weighted by molar-refractivity contribution is 7.99. The van der Waals surface area contributed by atoms with E-state index in [4.69, 9.17) is 4.42 Å².